The molecule has 0 aromatic heterocycles. The van der Waals surface area contributed by atoms with Crippen LogP contribution in [-0.2, 0) is 49.1 Å². The van der Waals surface area contributed by atoms with Crippen LogP contribution in [0.2, 0.25) is 0 Å². The second kappa shape index (κ2) is 19.4. The van der Waals surface area contributed by atoms with Gasteiger partial charge < -0.3 is 53.0 Å². The maximum Gasteiger partial charge on any atom is 0.410 e. The summed E-state index contributed by atoms with van der Waals surface area (Å²) in [6.07, 6.45) is -6.13. The molecular formula is C47H75N3O12. The van der Waals surface area contributed by atoms with Crippen molar-refractivity contribution in [2.75, 3.05) is 40.9 Å². The largest absolute Gasteiger partial charge is 0.458 e. The van der Waals surface area contributed by atoms with Crippen molar-refractivity contribution in [2.24, 2.45) is 28.7 Å². The van der Waals surface area contributed by atoms with Gasteiger partial charge in [0.25, 0.3) is 0 Å². The molecule has 350 valence electrons. The van der Waals surface area contributed by atoms with Gasteiger partial charge in [-0.05, 0) is 93.3 Å². The van der Waals surface area contributed by atoms with Gasteiger partial charge in [-0.2, -0.15) is 0 Å². The average molecular weight is 874 g/mol. The average Bonchev–Trinajstić information content (AvgIpc) is 3.35. The number of hydrogen-bond donors (Lipinski definition) is 2. The van der Waals surface area contributed by atoms with E-state index in [1.165, 1.54) is 0 Å². The molecule has 0 saturated carbocycles. The highest BCUT2D eigenvalue weighted by molar-refractivity contribution is 5.91. The number of benzene rings is 1. The molecule has 2 unspecified atom stereocenters. The smallest absolute Gasteiger partial charge is 0.410 e. The minimum Gasteiger partial charge on any atom is -0.458 e. The Bertz CT molecular complexity index is 1720. The fourth-order valence-corrected chi connectivity index (χ4v) is 11.1. The van der Waals surface area contributed by atoms with Gasteiger partial charge in [-0.3, -0.25) is 14.7 Å². The van der Waals surface area contributed by atoms with Crippen molar-refractivity contribution in [2.45, 2.75) is 179 Å². The highest BCUT2D eigenvalue weighted by Gasteiger charge is 2.60. The van der Waals surface area contributed by atoms with Gasteiger partial charge in [0.15, 0.2) is 18.2 Å². The second-order valence-corrected chi connectivity index (χ2v) is 19.7. The summed E-state index contributed by atoms with van der Waals surface area (Å²) in [7, 11) is 5.41. The van der Waals surface area contributed by atoms with Gasteiger partial charge in [0.05, 0.1) is 60.7 Å². The summed E-state index contributed by atoms with van der Waals surface area (Å²) < 4.78 is 52.6. The quantitative estimate of drug-likeness (QED) is 0.302. The SMILES string of the molecule is CO[C@]1(C)C[C@H](O[C@H]2[C@H](C)[C@@H](OC3O[C@@H](C)C[C@@H](N(C)C)[C@@H]3O)[C@@](C)(OCCc3ccccc3)C[C@@H](C)C3=NCCN4C(=O)O[C@](C)([C@@H](C)OC(=O)[C@@H]2C)[C@H]4[C@H]3C)O[C@@H](C)C1O. The minimum atomic E-state index is -1.20. The summed E-state index contributed by atoms with van der Waals surface area (Å²) >= 11 is 0. The van der Waals surface area contributed by atoms with E-state index in [-0.39, 0.29) is 30.4 Å². The van der Waals surface area contributed by atoms with E-state index in [0.29, 0.717) is 39.0 Å². The van der Waals surface area contributed by atoms with Crippen LogP contribution >= 0.6 is 0 Å². The number of carbonyl (C=O) groups excluding carboxylic acids is 2. The van der Waals surface area contributed by atoms with Crippen LogP contribution in [0.3, 0.4) is 0 Å². The summed E-state index contributed by atoms with van der Waals surface area (Å²) in [6.45, 7) is 20.2. The maximum absolute atomic E-state index is 14.7. The maximum atomic E-state index is 14.7. The molecule has 0 spiro atoms. The Balaban J connectivity index is 1.50. The van der Waals surface area contributed by atoms with Gasteiger partial charge in [-0.15, -0.1) is 0 Å². The normalized spacial score (nSPS) is 44.5. The molecule has 6 rings (SSSR count). The number of aliphatic hydroxyl groups excluding tert-OH is 2. The van der Waals surface area contributed by atoms with Crippen molar-refractivity contribution in [1.29, 1.82) is 0 Å². The highest BCUT2D eigenvalue weighted by atomic mass is 16.7. The zero-order valence-corrected chi connectivity index (χ0v) is 39.3. The molecule has 0 radical (unpaired) electrons. The van der Waals surface area contributed by atoms with E-state index in [2.05, 4.69) is 26.0 Å². The number of nitrogens with zero attached hydrogens (tertiary/aromatic N) is 3. The predicted octanol–water partition coefficient (Wildman–Crippen LogP) is 5.02. The van der Waals surface area contributed by atoms with Gasteiger partial charge in [0, 0.05) is 43.7 Å². The lowest BCUT2D eigenvalue weighted by atomic mass is 9.73. The Morgan fingerprint density at radius 1 is 0.919 bits per heavy atom. The Hall–Kier alpha value is -2.73. The number of hydrogen-bond acceptors (Lipinski definition) is 14. The molecule has 4 saturated heterocycles. The van der Waals surface area contributed by atoms with E-state index in [1.54, 1.807) is 32.8 Å². The number of methoxy groups -OCH3 is 1. The summed E-state index contributed by atoms with van der Waals surface area (Å²) in [5.41, 5.74) is -1.32. The van der Waals surface area contributed by atoms with Crippen LogP contribution in [0.5, 0.6) is 0 Å². The molecule has 15 nitrogen and oxygen atoms in total. The van der Waals surface area contributed by atoms with E-state index in [9.17, 15) is 19.8 Å². The molecule has 5 aliphatic heterocycles. The summed E-state index contributed by atoms with van der Waals surface area (Å²) in [5, 5.41) is 23.1. The standard InChI is InChI=1S/C47H75N3O12/c1-26-24-46(9,56-22-19-33-17-15-14-16-18-33)41(61-43-37(51)34(49(11)12)23-27(2)57-43)29(4)38(60-35-25-45(8,55-13)40(52)31(6)58-35)30(5)42(53)59-32(7)47(10)39-28(3)36(26)48-20-21-50(39)44(54)62-47/h14-18,26-32,34-35,37-41,43,51-52H,19-25H2,1-13H3/t26-,27+,28+,29+,30-,31+,32-,34-,35+,37+,38+,39-,40?,41-,43?,45-,46+,47-/m1/s1. The van der Waals surface area contributed by atoms with Crippen molar-refractivity contribution in [3.8, 4) is 0 Å². The number of rotatable bonds is 10. The third-order valence-electron chi connectivity index (χ3n) is 14.8. The van der Waals surface area contributed by atoms with Crippen LogP contribution in [0.1, 0.15) is 94.1 Å². The fraction of sp³-hybridized carbons (Fsp3) is 0.809. The van der Waals surface area contributed by atoms with Crippen LogP contribution < -0.4 is 0 Å². The number of fused-ring (bicyclic) bond motifs is 1. The summed E-state index contributed by atoms with van der Waals surface area (Å²) in [4.78, 5) is 37.2. The third-order valence-corrected chi connectivity index (χ3v) is 14.8. The van der Waals surface area contributed by atoms with Gasteiger partial charge in [0.2, 0.25) is 0 Å². The number of likely N-dealkylation sites (N-methyl/N-ethyl adjacent to an activating group) is 1. The second-order valence-electron chi connectivity index (χ2n) is 19.7. The van der Waals surface area contributed by atoms with Gasteiger partial charge in [-0.1, -0.05) is 51.1 Å². The first-order valence-corrected chi connectivity index (χ1v) is 22.8. The molecule has 18 atom stereocenters. The lowest BCUT2D eigenvalue weighted by molar-refractivity contribution is -0.320. The lowest BCUT2D eigenvalue weighted by Crippen LogP contribution is -2.61. The number of esters is 1. The Morgan fingerprint density at radius 3 is 2.27 bits per heavy atom. The summed E-state index contributed by atoms with van der Waals surface area (Å²) in [6, 6.07) is 9.39. The number of cyclic esters (lactones) is 1. The number of carbonyl (C=O) groups is 2. The molecule has 5 heterocycles. The van der Waals surface area contributed by atoms with Crippen molar-refractivity contribution in [1.82, 2.24) is 9.80 Å². The molecule has 5 aliphatic rings. The molecule has 1 amide bonds. The van der Waals surface area contributed by atoms with E-state index in [1.807, 2.05) is 71.8 Å². The van der Waals surface area contributed by atoms with Crippen molar-refractivity contribution in [3.05, 3.63) is 35.9 Å². The molecular weight excluding hydrogens is 799 g/mol. The van der Waals surface area contributed by atoms with E-state index in [4.69, 9.17) is 42.9 Å². The van der Waals surface area contributed by atoms with E-state index in [0.717, 1.165) is 11.3 Å². The predicted molar refractivity (Wildman–Crippen MR) is 232 cm³/mol. The number of aliphatic imine (C=N–C) groups is 1. The molecule has 62 heavy (non-hydrogen) atoms. The van der Waals surface area contributed by atoms with E-state index >= 15 is 0 Å². The molecule has 1 aromatic carbocycles. The molecule has 2 N–H and O–H groups in total. The first kappa shape index (κ1) is 48.7. The summed E-state index contributed by atoms with van der Waals surface area (Å²) in [5.74, 6) is -2.61. The molecule has 1 aromatic rings. The zero-order valence-electron chi connectivity index (χ0n) is 39.3. The Kier molecular flexibility index (Phi) is 15.2. The van der Waals surface area contributed by atoms with Crippen LogP contribution in [0.25, 0.3) is 0 Å². The number of ether oxygens (including phenoxy) is 8. The van der Waals surface area contributed by atoms with Gasteiger partial charge in [0.1, 0.15) is 18.3 Å². The topological polar surface area (TPSA) is 167 Å². The Labute approximate surface area is 369 Å². The highest BCUT2D eigenvalue weighted by Crippen LogP contribution is 2.45. The third kappa shape index (κ3) is 9.77. The fourth-order valence-electron chi connectivity index (χ4n) is 11.1. The molecule has 2 bridgehead atoms. The van der Waals surface area contributed by atoms with E-state index < -0.39 is 95.9 Å². The van der Waals surface area contributed by atoms with Crippen molar-refractivity contribution >= 4 is 17.8 Å². The number of aliphatic hydroxyl groups is 2. The Morgan fingerprint density at radius 2 is 1.61 bits per heavy atom. The zero-order chi connectivity index (χ0) is 45.5. The molecule has 15 heteroatoms. The van der Waals surface area contributed by atoms with Crippen LogP contribution in [-0.4, -0.2) is 163 Å². The van der Waals surface area contributed by atoms with Crippen LogP contribution in [0, 0.1) is 23.7 Å². The minimum absolute atomic E-state index is 0.166. The van der Waals surface area contributed by atoms with Crippen molar-refractivity contribution < 1.29 is 57.7 Å². The van der Waals surface area contributed by atoms with Gasteiger partial charge in [-0.25, -0.2) is 4.79 Å². The van der Waals surface area contributed by atoms with Gasteiger partial charge >= 0.3 is 12.1 Å². The van der Waals surface area contributed by atoms with Crippen LogP contribution in [0.15, 0.2) is 35.3 Å². The lowest BCUT2D eigenvalue weighted by Gasteiger charge is -2.50. The van der Waals surface area contributed by atoms with Crippen molar-refractivity contribution in [3.63, 3.8) is 0 Å². The first-order chi connectivity index (χ1) is 29.1. The monoisotopic (exact) mass is 874 g/mol. The number of amides is 1. The molecule has 4 fully saturated rings. The first-order valence-electron chi connectivity index (χ1n) is 22.8. The van der Waals surface area contributed by atoms with Crippen LogP contribution in [0.4, 0.5) is 4.79 Å². The molecule has 0 aliphatic carbocycles.